The van der Waals surface area contributed by atoms with Gasteiger partial charge < -0.3 is 0 Å². The van der Waals surface area contributed by atoms with E-state index >= 15 is 0 Å². The van der Waals surface area contributed by atoms with Gasteiger partial charge in [-0.05, 0) is 37.7 Å². The molecule has 15 heavy (non-hydrogen) atoms. The standard InChI is InChI=1S/C13H21BO/c14-11-7-2-1-6-10-13(15)12-8-4-3-5-9-12/h8H,1-7,9-11H2. The fourth-order valence-corrected chi connectivity index (χ4v) is 2.04. The lowest BCUT2D eigenvalue weighted by molar-refractivity contribution is -0.115. The van der Waals surface area contributed by atoms with Crippen LogP contribution in [0.3, 0.4) is 0 Å². The van der Waals surface area contributed by atoms with Crippen molar-refractivity contribution in [1.29, 1.82) is 0 Å². The molecule has 82 valence electrons. The Kier molecular flexibility index (Phi) is 6.46. The molecule has 1 rings (SSSR count). The maximum atomic E-state index is 11.7. The first kappa shape index (κ1) is 12.5. The van der Waals surface area contributed by atoms with Crippen LogP contribution in [-0.4, -0.2) is 13.6 Å². The van der Waals surface area contributed by atoms with Crippen LogP contribution in [0.4, 0.5) is 0 Å². The van der Waals surface area contributed by atoms with Crippen LogP contribution < -0.4 is 0 Å². The minimum absolute atomic E-state index is 0.391. The summed E-state index contributed by atoms with van der Waals surface area (Å²) in [5.74, 6) is 0.391. The fraction of sp³-hybridized carbons (Fsp3) is 0.769. The summed E-state index contributed by atoms with van der Waals surface area (Å²) in [4.78, 5) is 11.7. The molecular weight excluding hydrogens is 183 g/mol. The van der Waals surface area contributed by atoms with Gasteiger partial charge in [-0.15, -0.1) is 0 Å². The van der Waals surface area contributed by atoms with E-state index in [1.807, 2.05) is 0 Å². The van der Waals surface area contributed by atoms with Crippen LogP contribution in [0.1, 0.15) is 57.8 Å². The summed E-state index contributed by atoms with van der Waals surface area (Å²) in [5.41, 5.74) is 1.10. The maximum Gasteiger partial charge on any atom is 0.158 e. The highest BCUT2D eigenvalue weighted by Crippen LogP contribution is 2.20. The molecule has 0 aromatic carbocycles. The zero-order valence-electron chi connectivity index (χ0n) is 9.63. The average molecular weight is 204 g/mol. The molecule has 0 spiro atoms. The number of Topliss-reactive ketones (excluding diaryl/α,β-unsaturated/α-hetero) is 1. The van der Waals surface area contributed by atoms with Gasteiger partial charge in [0.25, 0.3) is 0 Å². The van der Waals surface area contributed by atoms with Crippen LogP contribution in [0.2, 0.25) is 6.32 Å². The molecule has 0 unspecified atom stereocenters. The molecule has 0 aromatic heterocycles. The van der Waals surface area contributed by atoms with Gasteiger partial charge >= 0.3 is 0 Å². The third kappa shape index (κ3) is 5.20. The van der Waals surface area contributed by atoms with Crippen molar-refractivity contribution in [1.82, 2.24) is 0 Å². The molecule has 1 aliphatic carbocycles. The van der Waals surface area contributed by atoms with Crippen molar-refractivity contribution in [2.75, 3.05) is 0 Å². The summed E-state index contributed by atoms with van der Waals surface area (Å²) in [6.45, 7) is 0. The molecule has 1 nitrogen and oxygen atoms in total. The average Bonchev–Trinajstić information content (AvgIpc) is 2.30. The SMILES string of the molecule is [B]CCCCCCC(=O)C1=CCCCC1. The van der Waals surface area contributed by atoms with Crippen LogP contribution in [0, 0.1) is 0 Å². The van der Waals surface area contributed by atoms with E-state index in [9.17, 15) is 4.79 Å². The first-order valence-corrected chi connectivity index (χ1v) is 6.27. The monoisotopic (exact) mass is 204 g/mol. The Labute approximate surface area is 94.7 Å². The van der Waals surface area contributed by atoms with Gasteiger partial charge in [0.2, 0.25) is 0 Å². The molecule has 0 aromatic rings. The maximum absolute atomic E-state index is 11.7. The second-order valence-corrected chi connectivity index (χ2v) is 4.35. The number of allylic oxidation sites excluding steroid dienone is 2. The van der Waals surface area contributed by atoms with Gasteiger partial charge in [0.05, 0.1) is 7.85 Å². The molecule has 0 atom stereocenters. The fourth-order valence-electron chi connectivity index (χ4n) is 2.04. The van der Waals surface area contributed by atoms with E-state index in [4.69, 9.17) is 7.85 Å². The second kappa shape index (κ2) is 7.73. The van der Waals surface area contributed by atoms with Crippen molar-refractivity contribution in [3.8, 4) is 0 Å². The van der Waals surface area contributed by atoms with E-state index < -0.39 is 0 Å². The molecule has 2 radical (unpaired) electrons. The zero-order valence-corrected chi connectivity index (χ0v) is 9.63. The summed E-state index contributed by atoms with van der Waals surface area (Å²) >= 11 is 0. The molecule has 0 fully saturated rings. The van der Waals surface area contributed by atoms with Gasteiger partial charge in [-0.25, -0.2) is 0 Å². The number of hydrogen-bond donors (Lipinski definition) is 0. The topological polar surface area (TPSA) is 17.1 Å². The number of rotatable bonds is 7. The molecule has 0 heterocycles. The number of carbonyl (C=O) groups excluding carboxylic acids is 1. The van der Waals surface area contributed by atoms with Crippen LogP contribution in [0.5, 0.6) is 0 Å². The van der Waals surface area contributed by atoms with E-state index in [1.54, 1.807) is 0 Å². The Bertz CT molecular complexity index is 221. The van der Waals surface area contributed by atoms with Crippen molar-refractivity contribution in [3.63, 3.8) is 0 Å². The Morgan fingerprint density at radius 3 is 2.67 bits per heavy atom. The van der Waals surface area contributed by atoms with Crippen LogP contribution in [0.25, 0.3) is 0 Å². The number of hydrogen-bond acceptors (Lipinski definition) is 1. The highest BCUT2D eigenvalue weighted by atomic mass is 16.1. The Hall–Kier alpha value is -0.525. The highest BCUT2D eigenvalue weighted by Gasteiger charge is 2.11. The van der Waals surface area contributed by atoms with Crippen LogP contribution >= 0.6 is 0 Å². The predicted molar refractivity (Wildman–Crippen MR) is 65.2 cm³/mol. The lowest BCUT2D eigenvalue weighted by Gasteiger charge is -2.11. The van der Waals surface area contributed by atoms with E-state index in [-0.39, 0.29) is 0 Å². The molecule has 1 aliphatic rings. The predicted octanol–water partition coefficient (Wildman–Crippen LogP) is 3.59. The summed E-state index contributed by atoms with van der Waals surface area (Å²) in [6, 6.07) is 0. The molecule has 0 bridgehead atoms. The van der Waals surface area contributed by atoms with E-state index in [2.05, 4.69) is 6.08 Å². The minimum Gasteiger partial charge on any atom is -0.295 e. The van der Waals surface area contributed by atoms with Crippen molar-refractivity contribution >= 4 is 13.6 Å². The minimum atomic E-state index is 0.391. The normalized spacial score (nSPS) is 16.1. The molecule has 0 saturated carbocycles. The Morgan fingerprint density at radius 2 is 2.00 bits per heavy atom. The van der Waals surface area contributed by atoms with Gasteiger partial charge in [-0.1, -0.05) is 31.7 Å². The quantitative estimate of drug-likeness (QED) is 0.457. The molecule has 0 saturated heterocycles. The van der Waals surface area contributed by atoms with E-state index in [0.717, 1.165) is 50.4 Å². The third-order valence-corrected chi connectivity index (χ3v) is 3.01. The van der Waals surface area contributed by atoms with Crippen molar-refractivity contribution in [2.45, 2.75) is 64.1 Å². The smallest absolute Gasteiger partial charge is 0.158 e. The molecular formula is C13H21BO. The number of unbranched alkanes of at least 4 members (excludes halogenated alkanes) is 3. The van der Waals surface area contributed by atoms with Crippen molar-refractivity contribution in [3.05, 3.63) is 11.6 Å². The number of carbonyl (C=O) groups is 1. The lowest BCUT2D eigenvalue weighted by Crippen LogP contribution is -2.05. The summed E-state index contributed by atoms with van der Waals surface area (Å²) in [6.07, 6.45) is 12.7. The van der Waals surface area contributed by atoms with Crippen LogP contribution in [-0.2, 0) is 4.79 Å². The number of ketones is 1. The summed E-state index contributed by atoms with van der Waals surface area (Å²) in [5, 5.41) is 0. The van der Waals surface area contributed by atoms with Crippen LogP contribution in [0.15, 0.2) is 11.6 Å². The zero-order chi connectivity index (χ0) is 10.9. The van der Waals surface area contributed by atoms with Gasteiger partial charge in [-0.3, -0.25) is 4.79 Å². The van der Waals surface area contributed by atoms with Gasteiger partial charge in [0.15, 0.2) is 5.78 Å². The van der Waals surface area contributed by atoms with Crippen molar-refractivity contribution < 1.29 is 4.79 Å². The Morgan fingerprint density at radius 1 is 1.20 bits per heavy atom. The van der Waals surface area contributed by atoms with E-state index in [1.165, 1.54) is 19.3 Å². The molecule has 2 heteroatoms. The second-order valence-electron chi connectivity index (χ2n) is 4.35. The first-order valence-electron chi connectivity index (χ1n) is 6.27. The Balaban J connectivity index is 2.10. The van der Waals surface area contributed by atoms with Gasteiger partial charge in [-0.2, -0.15) is 0 Å². The third-order valence-electron chi connectivity index (χ3n) is 3.01. The molecule has 0 amide bonds. The van der Waals surface area contributed by atoms with Gasteiger partial charge in [0, 0.05) is 6.42 Å². The molecule has 0 aliphatic heterocycles. The van der Waals surface area contributed by atoms with E-state index in [0.29, 0.717) is 5.78 Å². The lowest BCUT2D eigenvalue weighted by atomic mass is 9.93. The highest BCUT2D eigenvalue weighted by molar-refractivity contribution is 6.08. The molecule has 0 N–H and O–H groups in total. The largest absolute Gasteiger partial charge is 0.295 e. The summed E-state index contributed by atoms with van der Waals surface area (Å²) in [7, 11) is 5.41. The first-order chi connectivity index (χ1) is 7.34. The van der Waals surface area contributed by atoms with Gasteiger partial charge in [0.1, 0.15) is 0 Å². The summed E-state index contributed by atoms with van der Waals surface area (Å²) < 4.78 is 0. The van der Waals surface area contributed by atoms with Crippen molar-refractivity contribution in [2.24, 2.45) is 0 Å².